The molecule has 0 bridgehead atoms. The molecule has 0 unspecified atom stereocenters. The average Bonchev–Trinajstić information content (AvgIpc) is 2.15. The summed E-state index contributed by atoms with van der Waals surface area (Å²) < 4.78 is 0. The van der Waals surface area contributed by atoms with Gasteiger partial charge < -0.3 is 10.6 Å². The van der Waals surface area contributed by atoms with Gasteiger partial charge in [-0.1, -0.05) is 0 Å². The second-order valence-electron chi connectivity index (χ2n) is 4.29. The molecule has 1 amide bonds. The van der Waals surface area contributed by atoms with Crippen molar-refractivity contribution in [2.24, 2.45) is 5.41 Å². The summed E-state index contributed by atoms with van der Waals surface area (Å²) in [6.45, 7) is 4.08. The molecule has 2 heterocycles. The molecular formula is C10H18N2O. The van der Waals surface area contributed by atoms with Crippen molar-refractivity contribution in [3.8, 4) is 0 Å². The standard InChI is InChI=1S/C10H18N2O/c1-8-10(4-2-6-11-8)5-3-7-12-9(10)13/h8,11H,2-7H2,1H3,(H,12,13)/t8-,10+/m1/s1. The Balaban J connectivity index is 2.18. The van der Waals surface area contributed by atoms with E-state index >= 15 is 0 Å². The van der Waals surface area contributed by atoms with E-state index in [-0.39, 0.29) is 11.3 Å². The van der Waals surface area contributed by atoms with Gasteiger partial charge in [-0.2, -0.15) is 0 Å². The van der Waals surface area contributed by atoms with E-state index in [0.29, 0.717) is 6.04 Å². The van der Waals surface area contributed by atoms with Gasteiger partial charge in [0.1, 0.15) is 0 Å². The summed E-state index contributed by atoms with van der Waals surface area (Å²) in [6, 6.07) is 0.349. The van der Waals surface area contributed by atoms with Crippen LogP contribution in [0.3, 0.4) is 0 Å². The minimum atomic E-state index is -0.0868. The van der Waals surface area contributed by atoms with E-state index in [0.717, 1.165) is 38.8 Å². The summed E-state index contributed by atoms with van der Waals surface area (Å²) in [5.41, 5.74) is -0.0868. The van der Waals surface area contributed by atoms with Crippen LogP contribution in [0.15, 0.2) is 0 Å². The molecule has 74 valence electrons. The van der Waals surface area contributed by atoms with Gasteiger partial charge in [0.2, 0.25) is 5.91 Å². The van der Waals surface area contributed by atoms with Gasteiger partial charge >= 0.3 is 0 Å². The molecule has 3 nitrogen and oxygen atoms in total. The number of carbonyl (C=O) groups is 1. The van der Waals surface area contributed by atoms with Gasteiger partial charge in [0.05, 0.1) is 5.41 Å². The number of nitrogens with one attached hydrogen (secondary N) is 2. The molecule has 2 N–H and O–H groups in total. The Morgan fingerprint density at radius 2 is 2.00 bits per heavy atom. The number of carbonyl (C=O) groups excluding carboxylic acids is 1. The smallest absolute Gasteiger partial charge is 0.227 e. The number of amides is 1. The van der Waals surface area contributed by atoms with E-state index in [1.54, 1.807) is 0 Å². The Labute approximate surface area is 79.3 Å². The highest BCUT2D eigenvalue weighted by molar-refractivity contribution is 5.84. The first kappa shape index (κ1) is 9.00. The maximum absolute atomic E-state index is 11.8. The fourth-order valence-electron chi connectivity index (χ4n) is 2.68. The second kappa shape index (κ2) is 3.29. The van der Waals surface area contributed by atoms with E-state index in [9.17, 15) is 4.79 Å². The van der Waals surface area contributed by atoms with Crippen molar-refractivity contribution in [2.75, 3.05) is 13.1 Å². The lowest BCUT2D eigenvalue weighted by atomic mass is 9.69. The zero-order valence-corrected chi connectivity index (χ0v) is 8.23. The highest BCUT2D eigenvalue weighted by Gasteiger charge is 2.45. The number of rotatable bonds is 0. The summed E-state index contributed by atoms with van der Waals surface area (Å²) in [5.74, 6) is 0.276. The molecule has 0 aromatic heterocycles. The number of hydrogen-bond donors (Lipinski definition) is 2. The Hall–Kier alpha value is -0.570. The van der Waals surface area contributed by atoms with Crippen LogP contribution in [-0.4, -0.2) is 25.0 Å². The molecule has 2 fully saturated rings. The van der Waals surface area contributed by atoms with Crippen LogP contribution in [-0.2, 0) is 4.79 Å². The molecule has 2 aliphatic rings. The minimum Gasteiger partial charge on any atom is -0.356 e. The van der Waals surface area contributed by atoms with E-state index < -0.39 is 0 Å². The predicted octanol–water partition coefficient (Wildman–Crippen LogP) is 0.655. The lowest BCUT2D eigenvalue weighted by Gasteiger charge is -2.44. The van der Waals surface area contributed by atoms with Crippen molar-refractivity contribution in [1.82, 2.24) is 10.6 Å². The highest BCUT2D eigenvalue weighted by atomic mass is 16.2. The molecule has 0 aliphatic carbocycles. The summed E-state index contributed by atoms with van der Waals surface area (Å²) in [5, 5.41) is 6.41. The molecule has 2 aliphatic heterocycles. The number of hydrogen-bond acceptors (Lipinski definition) is 2. The third kappa shape index (κ3) is 1.35. The van der Waals surface area contributed by atoms with E-state index in [2.05, 4.69) is 17.6 Å². The van der Waals surface area contributed by atoms with Crippen molar-refractivity contribution in [2.45, 2.75) is 38.6 Å². The van der Waals surface area contributed by atoms with Crippen molar-refractivity contribution in [3.63, 3.8) is 0 Å². The van der Waals surface area contributed by atoms with Gasteiger partial charge in [0, 0.05) is 12.6 Å². The molecule has 3 heteroatoms. The third-order valence-electron chi connectivity index (χ3n) is 3.62. The molecule has 0 saturated carbocycles. The van der Waals surface area contributed by atoms with Crippen LogP contribution >= 0.6 is 0 Å². The first-order valence-corrected chi connectivity index (χ1v) is 5.27. The lowest BCUT2D eigenvalue weighted by molar-refractivity contribution is -0.137. The van der Waals surface area contributed by atoms with Crippen LogP contribution in [0, 0.1) is 5.41 Å². The lowest BCUT2D eigenvalue weighted by Crippen LogP contribution is -2.58. The largest absolute Gasteiger partial charge is 0.356 e. The topological polar surface area (TPSA) is 41.1 Å². The van der Waals surface area contributed by atoms with Gasteiger partial charge in [0.15, 0.2) is 0 Å². The molecule has 13 heavy (non-hydrogen) atoms. The first-order chi connectivity index (χ1) is 6.26. The minimum absolute atomic E-state index is 0.0868. The monoisotopic (exact) mass is 182 g/mol. The predicted molar refractivity (Wildman–Crippen MR) is 51.4 cm³/mol. The van der Waals surface area contributed by atoms with Crippen LogP contribution in [0.1, 0.15) is 32.6 Å². The van der Waals surface area contributed by atoms with Crippen molar-refractivity contribution in [1.29, 1.82) is 0 Å². The molecule has 0 aromatic rings. The zero-order valence-electron chi connectivity index (χ0n) is 8.23. The van der Waals surface area contributed by atoms with Gasteiger partial charge in [-0.25, -0.2) is 0 Å². The summed E-state index contributed by atoms with van der Waals surface area (Å²) in [4.78, 5) is 11.8. The van der Waals surface area contributed by atoms with E-state index in [4.69, 9.17) is 0 Å². The maximum Gasteiger partial charge on any atom is 0.227 e. The number of piperidine rings is 2. The molecule has 2 saturated heterocycles. The molecule has 0 aromatic carbocycles. The maximum atomic E-state index is 11.8. The first-order valence-electron chi connectivity index (χ1n) is 5.27. The second-order valence-corrected chi connectivity index (χ2v) is 4.29. The molecular weight excluding hydrogens is 164 g/mol. The van der Waals surface area contributed by atoms with Gasteiger partial charge in [-0.05, 0) is 39.2 Å². The van der Waals surface area contributed by atoms with Crippen molar-refractivity contribution in [3.05, 3.63) is 0 Å². The van der Waals surface area contributed by atoms with Crippen LogP contribution in [0.2, 0.25) is 0 Å². The van der Waals surface area contributed by atoms with Crippen LogP contribution in [0.5, 0.6) is 0 Å². The highest BCUT2D eigenvalue weighted by Crippen LogP contribution is 2.38. The molecule has 2 rings (SSSR count). The van der Waals surface area contributed by atoms with Crippen molar-refractivity contribution >= 4 is 5.91 Å². The zero-order chi connectivity index (χ0) is 9.31. The average molecular weight is 182 g/mol. The van der Waals surface area contributed by atoms with Gasteiger partial charge in [-0.3, -0.25) is 4.79 Å². The van der Waals surface area contributed by atoms with Gasteiger partial charge in [-0.15, -0.1) is 0 Å². The van der Waals surface area contributed by atoms with Crippen LogP contribution in [0.4, 0.5) is 0 Å². The normalized spacial score (nSPS) is 40.4. The molecule has 0 radical (unpaired) electrons. The van der Waals surface area contributed by atoms with Gasteiger partial charge in [0.25, 0.3) is 0 Å². The quantitative estimate of drug-likeness (QED) is 0.577. The van der Waals surface area contributed by atoms with Crippen LogP contribution in [0.25, 0.3) is 0 Å². The Bertz CT molecular complexity index is 211. The summed E-state index contributed by atoms with van der Waals surface area (Å²) in [6.07, 6.45) is 4.40. The Morgan fingerprint density at radius 1 is 1.31 bits per heavy atom. The summed E-state index contributed by atoms with van der Waals surface area (Å²) in [7, 11) is 0. The van der Waals surface area contributed by atoms with E-state index in [1.165, 1.54) is 0 Å². The molecule has 1 spiro atoms. The third-order valence-corrected chi connectivity index (χ3v) is 3.62. The molecule has 2 atom stereocenters. The van der Waals surface area contributed by atoms with Crippen molar-refractivity contribution < 1.29 is 4.79 Å². The fourth-order valence-corrected chi connectivity index (χ4v) is 2.68. The Kier molecular flexibility index (Phi) is 2.28. The summed E-state index contributed by atoms with van der Waals surface area (Å²) >= 11 is 0. The van der Waals surface area contributed by atoms with Crippen LogP contribution < -0.4 is 10.6 Å². The SMILES string of the molecule is C[C@H]1NCCC[C@]12CCCNC2=O. The Morgan fingerprint density at radius 3 is 2.62 bits per heavy atom. The van der Waals surface area contributed by atoms with E-state index in [1.807, 2.05) is 0 Å². The fraction of sp³-hybridized carbons (Fsp3) is 0.900.